The minimum atomic E-state index is -0.595. The van der Waals surface area contributed by atoms with Crippen LogP contribution in [0.25, 0.3) is 0 Å². The molecule has 0 fully saturated rings. The lowest BCUT2D eigenvalue weighted by molar-refractivity contribution is -0.116. The van der Waals surface area contributed by atoms with Gasteiger partial charge in [-0.1, -0.05) is 13.3 Å². The van der Waals surface area contributed by atoms with Crippen molar-refractivity contribution in [1.29, 1.82) is 0 Å². The van der Waals surface area contributed by atoms with Gasteiger partial charge in [-0.2, -0.15) is 0 Å². The fourth-order valence-electron chi connectivity index (χ4n) is 1.74. The summed E-state index contributed by atoms with van der Waals surface area (Å²) in [5.74, 6) is -0.111. The number of carbonyl (C=O) groups excluding carboxylic acids is 2. The van der Waals surface area contributed by atoms with Crippen molar-refractivity contribution in [2.45, 2.75) is 52.6 Å². The fraction of sp³-hybridized carbons (Fsp3) is 0.500. The SMILES string of the molecule is CCCCC(=O)Nc1cc(N)ccc1NC(=O)OC(C)(C)C. The molecular formula is C16H25N3O3. The number of benzene rings is 1. The minimum Gasteiger partial charge on any atom is -0.444 e. The maximum absolute atomic E-state index is 11.9. The van der Waals surface area contributed by atoms with E-state index in [1.54, 1.807) is 39.0 Å². The number of ether oxygens (including phenoxy) is 1. The van der Waals surface area contributed by atoms with Gasteiger partial charge < -0.3 is 15.8 Å². The number of nitrogen functional groups attached to an aromatic ring is 1. The zero-order chi connectivity index (χ0) is 16.8. The molecule has 0 aliphatic heterocycles. The molecule has 0 saturated carbocycles. The van der Waals surface area contributed by atoms with E-state index in [1.165, 1.54) is 0 Å². The summed E-state index contributed by atoms with van der Waals surface area (Å²) in [5, 5.41) is 5.39. The molecule has 1 aromatic carbocycles. The van der Waals surface area contributed by atoms with Crippen LogP contribution >= 0.6 is 0 Å². The summed E-state index contributed by atoms with van der Waals surface area (Å²) in [6, 6.07) is 4.89. The van der Waals surface area contributed by atoms with Crippen molar-refractivity contribution in [2.75, 3.05) is 16.4 Å². The number of rotatable bonds is 5. The van der Waals surface area contributed by atoms with Crippen molar-refractivity contribution in [1.82, 2.24) is 0 Å². The van der Waals surface area contributed by atoms with E-state index in [2.05, 4.69) is 10.6 Å². The normalized spacial score (nSPS) is 10.9. The van der Waals surface area contributed by atoms with Gasteiger partial charge in [-0.15, -0.1) is 0 Å². The molecule has 4 N–H and O–H groups in total. The van der Waals surface area contributed by atoms with Crippen molar-refractivity contribution in [3.05, 3.63) is 18.2 Å². The highest BCUT2D eigenvalue weighted by molar-refractivity contribution is 5.98. The Balaban J connectivity index is 2.82. The highest BCUT2D eigenvalue weighted by atomic mass is 16.6. The van der Waals surface area contributed by atoms with Gasteiger partial charge in [-0.25, -0.2) is 4.79 Å². The lowest BCUT2D eigenvalue weighted by atomic mass is 10.2. The average Bonchev–Trinajstić information content (AvgIpc) is 2.37. The molecule has 2 amide bonds. The fourth-order valence-corrected chi connectivity index (χ4v) is 1.74. The van der Waals surface area contributed by atoms with Crippen LogP contribution in [0.5, 0.6) is 0 Å². The largest absolute Gasteiger partial charge is 0.444 e. The molecule has 0 radical (unpaired) electrons. The Morgan fingerprint density at radius 2 is 1.86 bits per heavy atom. The van der Waals surface area contributed by atoms with Crippen LogP contribution in [0.1, 0.15) is 47.0 Å². The van der Waals surface area contributed by atoms with Crippen LogP contribution < -0.4 is 16.4 Å². The van der Waals surface area contributed by atoms with Crippen LogP contribution in [0.3, 0.4) is 0 Å². The Hall–Kier alpha value is -2.24. The highest BCUT2D eigenvalue weighted by Gasteiger charge is 2.17. The molecule has 0 bridgehead atoms. The van der Waals surface area contributed by atoms with Crippen LogP contribution in [0.15, 0.2) is 18.2 Å². The van der Waals surface area contributed by atoms with E-state index >= 15 is 0 Å². The van der Waals surface area contributed by atoms with Crippen molar-refractivity contribution in [3.63, 3.8) is 0 Å². The molecule has 122 valence electrons. The van der Waals surface area contributed by atoms with Crippen LogP contribution in [0.4, 0.5) is 21.9 Å². The van der Waals surface area contributed by atoms with E-state index in [4.69, 9.17) is 10.5 Å². The van der Waals surface area contributed by atoms with E-state index in [1.807, 2.05) is 6.92 Å². The van der Waals surface area contributed by atoms with Gasteiger partial charge in [-0.05, 0) is 45.4 Å². The van der Waals surface area contributed by atoms with Gasteiger partial charge in [-0.3, -0.25) is 10.1 Å². The summed E-state index contributed by atoms with van der Waals surface area (Å²) < 4.78 is 5.20. The number of hydrogen-bond donors (Lipinski definition) is 3. The van der Waals surface area contributed by atoms with E-state index in [0.29, 0.717) is 23.5 Å². The van der Waals surface area contributed by atoms with E-state index in [0.717, 1.165) is 12.8 Å². The molecule has 0 aliphatic rings. The monoisotopic (exact) mass is 307 g/mol. The molecule has 0 aliphatic carbocycles. The summed E-state index contributed by atoms with van der Waals surface area (Å²) in [6.45, 7) is 7.36. The lowest BCUT2D eigenvalue weighted by Crippen LogP contribution is -2.27. The molecular weight excluding hydrogens is 282 g/mol. The molecule has 6 nitrogen and oxygen atoms in total. The number of unbranched alkanes of at least 4 members (excludes halogenated alkanes) is 1. The quantitative estimate of drug-likeness (QED) is 0.722. The number of anilines is 3. The first-order valence-electron chi connectivity index (χ1n) is 7.40. The maximum Gasteiger partial charge on any atom is 0.412 e. The molecule has 22 heavy (non-hydrogen) atoms. The Bertz CT molecular complexity index is 536. The number of hydrogen-bond acceptors (Lipinski definition) is 4. The van der Waals surface area contributed by atoms with Crippen molar-refractivity contribution in [2.24, 2.45) is 0 Å². The number of carbonyl (C=O) groups is 2. The third-order valence-electron chi connectivity index (χ3n) is 2.71. The molecule has 0 aromatic heterocycles. The smallest absolute Gasteiger partial charge is 0.412 e. The number of nitrogens with two attached hydrogens (primary N) is 1. The molecule has 0 heterocycles. The van der Waals surface area contributed by atoms with E-state index < -0.39 is 11.7 Å². The highest BCUT2D eigenvalue weighted by Crippen LogP contribution is 2.25. The zero-order valence-corrected chi connectivity index (χ0v) is 13.7. The summed E-state index contributed by atoms with van der Waals surface area (Å²) in [5.41, 5.74) is 6.56. The Kier molecular flexibility index (Phi) is 6.22. The van der Waals surface area contributed by atoms with Gasteiger partial charge >= 0.3 is 6.09 Å². The number of amides is 2. The molecule has 0 atom stereocenters. The second-order valence-electron chi connectivity index (χ2n) is 6.08. The van der Waals surface area contributed by atoms with E-state index in [9.17, 15) is 9.59 Å². The average molecular weight is 307 g/mol. The molecule has 1 rings (SSSR count). The van der Waals surface area contributed by atoms with Gasteiger partial charge in [0.05, 0.1) is 11.4 Å². The predicted molar refractivity (Wildman–Crippen MR) is 88.9 cm³/mol. The minimum absolute atomic E-state index is 0.111. The van der Waals surface area contributed by atoms with E-state index in [-0.39, 0.29) is 5.91 Å². The van der Waals surface area contributed by atoms with Crippen LogP contribution in [-0.4, -0.2) is 17.6 Å². The van der Waals surface area contributed by atoms with Crippen LogP contribution in [-0.2, 0) is 9.53 Å². The first-order valence-corrected chi connectivity index (χ1v) is 7.40. The summed E-state index contributed by atoms with van der Waals surface area (Å²) in [7, 11) is 0. The Morgan fingerprint density at radius 1 is 1.18 bits per heavy atom. The topological polar surface area (TPSA) is 93.5 Å². The molecule has 0 spiro atoms. The lowest BCUT2D eigenvalue weighted by Gasteiger charge is -2.20. The zero-order valence-electron chi connectivity index (χ0n) is 13.7. The number of nitrogens with one attached hydrogen (secondary N) is 2. The third kappa shape index (κ3) is 6.47. The van der Waals surface area contributed by atoms with Crippen molar-refractivity contribution >= 4 is 29.1 Å². The maximum atomic E-state index is 11.9. The molecule has 6 heteroatoms. The Labute approximate surface area is 131 Å². The third-order valence-corrected chi connectivity index (χ3v) is 2.71. The molecule has 0 saturated heterocycles. The van der Waals surface area contributed by atoms with Gasteiger partial charge in [0, 0.05) is 12.1 Å². The summed E-state index contributed by atoms with van der Waals surface area (Å²) in [6.07, 6.45) is 1.59. The Morgan fingerprint density at radius 3 is 2.45 bits per heavy atom. The van der Waals surface area contributed by atoms with Crippen LogP contribution in [0.2, 0.25) is 0 Å². The predicted octanol–water partition coefficient (Wildman–Crippen LogP) is 3.74. The van der Waals surface area contributed by atoms with Crippen LogP contribution in [0, 0.1) is 0 Å². The second kappa shape index (κ2) is 7.68. The van der Waals surface area contributed by atoms with Crippen molar-refractivity contribution < 1.29 is 14.3 Å². The first-order chi connectivity index (χ1) is 10.2. The summed E-state index contributed by atoms with van der Waals surface area (Å²) >= 11 is 0. The first kappa shape index (κ1) is 17.8. The van der Waals surface area contributed by atoms with Gasteiger partial charge in [0.1, 0.15) is 5.60 Å². The second-order valence-corrected chi connectivity index (χ2v) is 6.08. The van der Waals surface area contributed by atoms with Gasteiger partial charge in [0.25, 0.3) is 0 Å². The van der Waals surface area contributed by atoms with Crippen molar-refractivity contribution in [3.8, 4) is 0 Å². The molecule has 0 unspecified atom stereocenters. The van der Waals surface area contributed by atoms with Gasteiger partial charge in [0.2, 0.25) is 5.91 Å². The molecule has 1 aromatic rings. The summed E-state index contributed by atoms with van der Waals surface area (Å²) in [4.78, 5) is 23.7. The standard InChI is InChI=1S/C16H25N3O3/c1-5-6-7-14(20)18-13-10-11(17)8-9-12(13)19-15(21)22-16(2,3)4/h8-10H,5-7,17H2,1-4H3,(H,18,20)(H,19,21). The van der Waals surface area contributed by atoms with Gasteiger partial charge in [0.15, 0.2) is 0 Å².